The van der Waals surface area contributed by atoms with Crippen molar-refractivity contribution in [2.24, 2.45) is 0 Å². The number of ether oxygens (including phenoxy) is 2. The van der Waals surface area contributed by atoms with Gasteiger partial charge in [-0.3, -0.25) is 4.79 Å². The molecule has 2 aromatic carbocycles. The Labute approximate surface area is 138 Å². The van der Waals surface area contributed by atoms with Gasteiger partial charge in [0.25, 0.3) is 5.91 Å². The normalized spacial score (nSPS) is 10.2. The van der Waals surface area contributed by atoms with Crippen molar-refractivity contribution in [3.63, 3.8) is 0 Å². The lowest BCUT2D eigenvalue weighted by Gasteiger charge is -2.16. The summed E-state index contributed by atoms with van der Waals surface area (Å²) in [4.78, 5) is 12.7. The lowest BCUT2D eigenvalue weighted by atomic mass is 10.1. The van der Waals surface area contributed by atoms with Gasteiger partial charge >= 0.3 is 0 Å². The molecule has 0 unspecified atom stereocenters. The second kappa shape index (κ2) is 6.83. The average Bonchev–Trinajstić information content (AvgIpc) is 2.49. The maximum Gasteiger partial charge on any atom is 0.263 e. The zero-order chi connectivity index (χ0) is 16.3. The van der Waals surface area contributed by atoms with Crippen LogP contribution in [0.2, 0.25) is 0 Å². The Hall–Kier alpha value is -2.01. The Bertz CT molecular complexity index is 668. The van der Waals surface area contributed by atoms with Gasteiger partial charge in [0.1, 0.15) is 17.1 Å². The highest BCUT2D eigenvalue weighted by atomic mass is 79.9. The number of carbonyl (C=O) groups is 1. The molecule has 0 radical (unpaired) electrons. The van der Waals surface area contributed by atoms with E-state index in [2.05, 4.69) is 21.2 Å². The molecule has 2 rings (SSSR count). The molecule has 22 heavy (non-hydrogen) atoms. The summed E-state index contributed by atoms with van der Waals surface area (Å²) in [7, 11) is 3.06. The maximum absolute atomic E-state index is 12.7. The predicted octanol–water partition coefficient (Wildman–Crippen LogP) is 4.34. The lowest BCUT2D eigenvalue weighted by molar-refractivity contribution is 0.102. The molecule has 0 fully saturated rings. The van der Waals surface area contributed by atoms with Gasteiger partial charge in [0.15, 0.2) is 0 Å². The summed E-state index contributed by atoms with van der Waals surface area (Å²) in [6.45, 7) is 3.90. The van der Waals surface area contributed by atoms with Crippen molar-refractivity contribution >= 4 is 27.5 Å². The summed E-state index contributed by atoms with van der Waals surface area (Å²) < 4.78 is 11.5. The minimum Gasteiger partial charge on any atom is -0.496 e. The molecular weight excluding hydrogens is 346 g/mol. The van der Waals surface area contributed by atoms with Crippen LogP contribution in [0.15, 0.2) is 34.8 Å². The number of anilines is 1. The van der Waals surface area contributed by atoms with E-state index in [-0.39, 0.29) is 5.91 Å². The maximum atomic E-state index is 12.7. The van der Waals surface area contributed by atoms with E-state index in [0.29, 0.717) is 17.1 Å². The Kier molecular flexibility index (Phi) is 5.08. The fourth-order valence-corrected chi connectivity index (χ4v) is 3.05. The number of aryl methyl sites for hydroxylation is 2. The number of methoxy groups -OCH3 is 2. The molecule has 0 aromatic heterocycles. The van der Waals surface area contributed by atoms with Crippen LogP contribution >= 0.6 is 15.9 Å². The number of rotatable bonds is 4. The molecule has 0 saturated heterocycles. The van der Waals surface area contributed by atoms with Crippen molar-refractivity contribution in [3.8, 4) is 11.5 Å². The molecule has 0 aliphatic carbocycles. The average molecular weight is 364 g/mol. The highest BCUT2D eigenvalue weighted by Crippen LogP contribution is 2.31. The van der Waals surface area contributed by atoms with Gasteiger partial charge in [-0.05, 0) is 49.2 Å². The van der Waals surface area contributed by atoms with Gasteiger partial charge in [-0.25, -0.2) is 0 Å². The number of nitrogens with one attached hydrogen (secondary N) is 1. The van der Waals surface area contributed by atoms with Crippen molar-refractivity contribution in [2.45, 2.75) is 13.8 Å². The van der Waals surface area contributed by atoms with Crippen molar-refractivity contribution in [1.29, 1.82) is 0 Å². The number of benzene rings is 2. The molecule has 0 spiro atoms. The van der Waals surface area contributed by atoms with E-state index in [1.807, 2.05) is 26.0 Å². The Morgan fingerprint density at radius 1 is 1.05 bits per heavy atom. The van der Waals surface area contributed by atoms with Crippen molar-refractivity contribution in [2.75, 3.05) is 19.5 Å². The summed E-state index contributed by atoms with van der Waals surface area (Å²) in [6, 6.07) is 9.17. The molecule has 5 heteroatoms. The van der Waals surface area contributed by atoms with Gasteiger partial charge in [-0.2, -0.15) is 0 Å². The van der Waals surface area contributed by atoms with Crippen LogP contribution in [0.5, 0.6) is 11.5 Å². The van der Waals surface area contributed by atoms with E-state index in [4.69, 9.17) is 9.47 Å². The van der Waals surface area contributed by atoms with Crippen molar-refractivity contribution in [1.82, 2.24) is 0 Å². The number of hydrogen-bond donors (Lipinski definition) is 1. The molecule has 0 aliphatic heterocycles. The van der Waals surface area contributed by atoms with Crippen LogP contribution in [0.1, 0.15) is 21.5 Å². The summed E-state index contributed by atoms with van der Waals surface area (Å²) in [6.07, 6.45) is 0. The lowest BCUT2D eigenvalue weighted by Crippen LogP contribution is -2.16. The molecule has 2 aromatic rings. The van der Waals surface area contributed by atoms with E-state index < -0.39 is 0 Å². The summed E-state index contributed by atoms with van der Waals surface area (Å²) >= 11 is 3.45. The zero-order valence-corrected chi connectivity index (χ0v) is 14.6. The minimum absolute atomic E-state index is 0.261. The standard InChI is InChI=1S/C17H18BrNO3/c1-10-8-12(18)9-11(2)16(10)19-17(20)15-13(21-3)6-5-7-14(15)22-4/h5-9H,1-4H3,(H,19,20). The molecule has 116 valence electrons. The number of halogens is 1. The Morgan fingerprint density at radius 2 is 1.55 bits per heavy atom. The van der Waals surface area contributed by atoms with Gasteiger partial charge in [0.05, 0.1) is 14.2 Å². The second-order valence-corrected chi connectivity index (χ2v) is 5.82. The fourth-order valence-electron chi connectivity index (χ4n) is 2.36. The molecule has 1 N–H and O–H groups in total. The number of carbonyl (C=O) groups excluding carboxylic acids is 1. The van der Waals surface area contributed by atoms with Gasteiger partial charge in [0, 0.05) is 10.2 Å². The Morgan fingerprint density at radius 3 is 2.00 bits per heavy atom. The summed E-state index contributed by atoms with van der Waals surface area (Å²) in [5, 5.41) is 2.95. The number of hydrogen-bond acceptors (Lipinski definition) is 3. The Balaban J connectivity index is 2.42. The van der Waals surface area contributed by atoms with E-state index in [0.717, 1.165) is 21.3 Å². The first-order valence-corrected chi connectivity index (χ1v) is 7.56. The highest BCUT2D eigenvalue weighted by Gasteiger charge is 2.19. The van der Waals surface area contributed by atoms with Crippen LogP contribution in [0.4, 0.5) is 5.69 Å². The van der Waals surface area contributed by atoms with Gasteiger partial charge < -0.3 is 14.8 Å². The topological polar surface area (TPSA) is 47.6 Å². The molecule has 1 amide bonds. The zero-order valence-electron chi connectivity index (χ0n) is 13.0. The SMILES string of the molecule is COc1cccc(OC)c1C(=O)Nc1c(C)cc(Br)cc1C. The van der Waals surface area contributed by atoms with Gasteiger partial charge in [0.2, 0.25) is 0 Å². The highest BCUT2D eigenvalue weighted by molar-refractivity contribution is 9.10. The molecule has 0 aliphatic rings. The van der Waals surface area contributed by atoms with Crippen LogP contribution in [0.25, 0.3) is 0 Å². The molecule has 0 saturated carbocycles. The monoisotopic (exact) mass is 363 g/mol. The first-order valence-electron chi connectivity index (χ1n) is 6.77. The first-order chi connectivity index (χ1) is 10.5. The van der Waals surface area contributed by atoms with E-state index in [9.17, 15) is 4.79 Å². The molecule has 4 nitrogen and oxygen atoms in total. The quantitative estimate of drug-likeness (QED) is 0.878. The first kappa shape index (κ1) is 16.4. The van der Waals surface area contributed by atoms with Crippen LogP contribution in [-0.4, -0.2) is 20.1 Å². The van der Waals surface area contributed by atoms with Gasteiger partial charge in [-0.15, -0.1) is 0 Å². The molecular formula is C17H18BrNO3. The molecule has 0 heterocycles. The van der Waals surface area contributed by atoms with Crippen molar-refractivity contribution in [3.05, 3.63) is 51.5 Å². The minimum atomic E-state index is -0.261. The largest absolute Gasteiger partial charge is 0.496 e. The fraction of sp³-hybridized carbons (Fsp3) is 0.235. The van der Waals surface area contributed by atoms with Crippen LogP contribution < -0.4 is 14.8 Å². The third kappa shape index (κ3) is 3.25. The predicted molar refractivity (Wildman–Crippen MR) is 91.1 cm³/mol. The molecule has 0 atom stereocenters. The van der Waals surface area contributed by atoms with Gasteiger partial charge in [-0.1, -0.05) is 22.0 Å². The second-order valence-electron chi connectivity index (χ2n) is 4.91. The van der Waals surface area contributed by atoms with E-state index in [1.165, 1.54) is 14.2 Å². The van der Waals surface area contributed by atoms with Crippen molar-refractivity contribution < 1.29 is 14.3 Å². The summed E-state index contributed by atoms with van der Waals surface area (Å²) in [5.41, 5.74) is 3.14. The number of amides is 1. The van der Waals surface area contributed by atoms with E-state index in [1.54, 1.807) is 18.2 Å². The summed E-state index contributed by atoms with van der Waals surface area (Å²) in [5.74, 6) is 0.691. The molecule has 0 bridgehead atoms. The van der Waals surface area contributed by atoms with Crippen LogP contribution in [-0.2, 0) is 0 Å². The van der Waals surface area contributed by atoms with Crippen LogP contribution in [0.3, 0.4) is 0 Å². The third-order valence-electron chi connectivity index (χ3n) is 3.39. The van der Waals surface area contributed by atoms with E-state index >= 15 is 0 Å². The smallest absolute Gasteiger partial charge is 0.263 e. The van der Waals surface area contributed by atoms with Crippen LogP contribution in [0, 0.1) is 13.8 Å². The third-order valence-corrected chi connectivity index (χ3v) is 3.85.